The third-order valence-corrected chi connectivity index (χ3v) is 4.05. The Kier molecular flexibility index (Phi) is 7.09. The van der Waals surface area contributed by atoms with Crippen molar-refractivity contribution in [2.75, 3.05) is 46.8 Å². The molecule has 3 nitrogen and oxygen atoms in total. The molecule has 1 heterocycles. The summed E-state index contributed by atoms with van der Waals surface area (Å²) in [5, 5.41) is 0. The number of nitrogens with two attached hydrogens (primary N) is 1. The van der Waals surface area contributed by atoms with Crippen LogP contribution in [0.1, 0.15) is 32.6 Å². The monoisotopic (exact) mass is 241 g/mol. The molecule has 1 saturated heterocycles. The van der Waals surface area contributed by atoms with Gasteiger partial charge < -0.3 is 15.5 Å². The van der Waals surface area contributed by atoms with Crippen molar-refractivity contribution in [2.45, 2.75) is 32.6 Å². The predicted octanol–water partition coefficient (Wildman–Crippen LogP) is 1.64. The Morgan fingerprint density at radius 1 is 1.41 bits per heavy atom. The molecule has 0 aromatic heterocycles. The maximum absolute atomic E-state index is 5.64. The summed E-state index contributed by atoms with van der Waals surface area (Å²) in [5.41, 5.74) is 5.64. The highest BCUT2D eigenvalue weighted by Gasteiger charge is 2.17. The third kappa shape index (κ3) is 6.39. The lowest BCUT2D eigenvalue weighted by molar-refractivity contribution is 0.184. The van der Waals surface area contributed by atoms with Gasteiger partial charge >= 0.3 is 0 Å². The molecule has 0 radical (unpaired) electrons. The molecule has 0 spiro atoms. The Bertz CT molecular complexity index is 196. The van der Waals surface area contributed by atoms with Gasteiger partial charge in [0.2, 0.25) is 0 Å². The molecule has 1 fully saturated rings. The van der Waals surface area contributed by atoms with Gasteiger partial charge in [0.25, 0.3) is 0 Å². The van der Waals surface area contributed by atoms with Gasteiger partial charge in [-0.1, -0.05) is 6.92 Å². The lowest BCUT2D eigenvalue weighted by Crippen LogP contribution is -2.34. The molecule has 3 heteroatoms. The second-order valence-electron chi connectivity index (χ2n) is 5.99. The smallest absolute Gasteiger partial charge is 0.000709 e. The Morgan fingerprint density at radius 3 is 2.82 bits per heavy atom. The third-order valence-electron chi connectivity index (χ3n) is 4.05. The highest BCUT2D eigenvalue weighted by Crippen LogP contribution is 2.18. The van der Waals surface area contributed by atoms with E-state index >= 15 is 0 Å². The standard InChI is InChI=1S/C14H31N3/c1-13(11-15)6-9-16(2)10-7-14-5-4-8-17(3)12-14/h13-14H,4-12,15H2,1-3H3. The molecule has 2 N–H and O–H groups in total. The predicted molar refractivity (Wildman–Crippen MR) is 75.2 cm³/mol. The van der Waals surface area contributed by atoms with Crippen LogP contribution in [0.5, 0.6) is 0 Å². The molecule has 17 heavy (non-hydrogen) atoms. The molecule has 1 aliphatic heterocycles. The van der Waals surface area contributed by atoms with E-state index in [1.165, 1.54) is 51.9 Å². The number of piperidine rings is 1. The van der Waals surface area contributed by atoms with Crippen LogP contribution in [0, 0.1) is 11.8 Å². The summed E-state index contributed by atoms with van der Waals surface area (Å²) in [6.07, 6.45) is 5.40. The Balaban J connectivity index is 2.08. The molecule has 0 aromatic carbocycles. The number of hydrogen-bond donors (Lipinski definition) is 1. The average molecular weight is 241 g/mol. The summed E-state index contributed by atoms with van der Waals surface area (Å²) in [6.45, 7) is 8.09. The summed E-state index contributed by atoms with van der Waals surface area (Å²) in [5.74, 6) is 1.58. The van der Waals surface area contributed by atoms with Crippen molar-refractivity contribution in [3.8, 4) is 0 Å². The van der Waals surface area contributed by atoms with E-state index in [-0.39, 0.29) is 0 Å². The molecule has 0 amide bonds. The number of likely N-dealkylation sites (tertiary alicyclic amines) is 1. The SMILES string of the molecule is CC(CN)CCN(C)CCC1CCCN(C)C1. The summed E-state index contributed by atoms with van der Waals surface area (Å²) >= 11 is 0. The molecule has 0 aromatic rings. The van der Waals surface area contributed by atoms with Gasteiger partial charge in [0.05, 0.1) is 0 Å². The van der Waals surface area contributed by atoms with Crippen LogP contribution in [-0.4, -0.2) is 56.6 Å². The molecule has 2 atom stereocenters. The van der Waals surface area contributed by atoms with Crippen LogP contribution in [0.4, 0.5) is 0 Å². The second kappa shape index (κ2) is 8.06. The molecular weight excluding hydrogens is 210 g/mol. The van der Waals surface area contributed by atoms with E-state index in [9.17, 15) is 0 Å². The topological polar surface area (TPSA) is 32.5 Å². The van der Waals surface area contributed by atoms with Crippen LogP contribution < -0.4 is 5.73 Å². The maximum atomic E-state index is 5.64. The van der Waals surface area contributed by atoms with Gasteiger partial charge in [-0.2, -0.15) is 0 Å². The van der Waals surface area contributed by atoms with Crippen molar-refractivity contribution in [2.24, 2.45) is 17.6 Å². The molecule has 0 aliphatic carbocycles. The van der Waals surface area contributed by atoms with Crippen molar-refractivity contribution in [1.29, 1.82) is 0 Å². The largest absolute Gasteiger partial charge is 0.330 e. The van der Waals surface area contributed by atoms with E-state index in [4.69, 9.17) is 5.73 Å². The van der Waals surface area contributed by atoms with E-state index in [1.54, 1.807) is 0 Å². The summed E-state index contributed by atoms with van der Waals surface area (Å²) in [6, 6.07) is 0. The molecule has 1 aliphatic rings. The molecule has 1 rings (SSSR count). The summed E-state index contributed by atoms with van der Waals surface area (Å²) in [4.78, 5) is 4.95. The molecule has 0 saturated carbocycles. The zero-order valence-electron chi connectivity index (χ0n) is 12.0. The van der Waals surface area contributed by atoms with Crippen molar-refractivity contribution in [3.05, 3.63) is 0 Å². The Labute approximate surface area is 107 Å². The van der Waals surface area contributed by atoms with Gasteiger partial charge in [-0.15, -0.1) is 0 Å². The van der Waals surface area contributed by atoms with E-state index < -0.39 is 0 Å². The fourth-order valence-electron chi connectivity index (χ4n) is 2.58. The first-order chi connectivity index (χ1) is 8.11. The molecule has 0 bridgehead atoms. The van der Waals surface area contributed by atoms with Crippen LogP contribution in [0.25, 0.3) is 0 Å². The quantitative estimate of drug-likeness (QED) is 0.735. The van der Waals surface area contributed by atoms with Crippen molar-refractivity contribution >= 4 is 0 Å². The van der Waals surface area contributed by atoms with Crippen LogP contribution in [0.2, 0.25) is 0 Å². The Hall–Kier alpha value is -0.120. The molecule has 2 unspecified atom stereocenters. The molecule has 102 valence electrons. The van der Waals surface area contributed by atoms with Crippen molar-refractivity contribution in [3.63, 3.8) is 0 Å². The second-order valence-corrected chi connectivity index (χ2v) is 5.99. The Morgan fingerprint density at radius 2 is 2.18 bits per heavy atom. The van der Waals surface area contributed by atoms with Gasteiger partial charge in [0.1, 0.15) is 0 Å². The van der Waals surface area contributed by atoms with Crippen LogP contribution in [0.15, 0.2) is 0 Å². The first-order valence-electron chi connectivity index (χ1n) is 7.19. The lowest BCUT2D eigenvalue weighted by Gasteiger charge is -2.31. The number of hydrogen-bond acceptors (Lipinski definition) is 3. The minimum atomic E-state index is 0.665. The number of rotatable bonds is 7. The van der Waals surface area contributed by atoms with Crippen LogP contribution >= 0.6 is 0 Å². The minimum absolute atomic E-state index is 0.665. The van der Waals surface area contributed by atoms with Gasteiger partial charge in [-0.25, -0.2) is 0 Å². The van der Waals surface area contributed by atoms with Crippen LogP contribution in [-0.2, 0) is 0 Å². The first kappa shape index (κ1) is 14.9. The zero-order chi connectivity index (χ0) is 12.7. The summed E-state index contributed by atoms with van der Waals surface area (Å²) in [7, 11) is 4.49. The maximum Gasteiger partial charge on any atom is 0.000709 e. The number of nitrogens with zero attached hydrogens (tertiary/aromatic N) is 2. The highest BCUT2D eigenvalue weighted by atomic mass is 15.1. The van der Waals surface area contributed by atoms with Crippen LogP contribution in [0.3, 0.4) is 0 Å². The van der Waals surface area contributed by atoms with E-state index in [0.29, 0.717) is 5.92 Å². The van der Waals surface area contributed by atoms with Gasteiger partial charge in [0.15, 0.2) is 0 Å². The van der Waals surface area contributed by atoms with Crippen molar-refractivity contribution in [1.82, 2.24) is 9.80 Å². The van der Waals surface area contributed by atoms with Gasteiger partial charge in [-0.3, -0.25) is 0 Å². The summed E-state index contributed by atoms with van der Waals surface area (Å²) < 4.78 is 0. The van der Waals surface area contributed by atoms with E-state index in [1.807, 2.05) is 0 Å². The fraction of sp³-hybridized carbons (Fsp3) is 1.00. The lowest BCUT2D eigenvalue weighted by atomic mass is 9.95. The van der Waals surface area contributed by atoms with Crippen molar-refractivity contribution < 1.29 is 0 Å². The first-order valence-corrected chi connectivity index (χ1v) is 7.19. The van der Waals surface area contributed by atoms with Gasteiger partial charge in [0, 0.05) is 6.54 Å². The highest BCUT2D eigenvalue weighted by molar-refractivity contribution is 4.71. The normalized spacial score (nSPS) is 24.2. The zero-order valence-corrected chi connectivity index (χ0v) is 12.0. The van der Waals surface area contributed by atoms with E-state index in [2.05, 4.69) is 30.8 Å². The fourth-order valence-corrected chi connectivity index (χ4v) is 2.58. The average Bonchev–Trinajstić information content (AvgIpc) is 2.33. The van der Waals surface area contributed by atoms with E-state index in [0.717, 1.165) is 12.5 Å². The minimum Gasteiger partial charge on any atom is -0.330 e. The van der Waals surface area contributed by atoms with Gasteiger partial charge in [-0.05, 0) is 77.8 Å². The molecular formula is C14H31N3.